The number of unbranched alkanes of at least 4 members (excludes halogenated alkanes) is 3. The maximum absolute atomic E-state index is 6.01. The number of nitrogens with two attached hydrogens (primary N) is 1. The predicted octanol–water partition coefficient (Wildman–Crippen LogP) is 4.58. The molecule has 0 aromatic carbocycles. The number of pyridine rings is 1. The maximum atomic E-state index is 6.01. The Kier molecular flexibility index (Phi) is 7.16. The van der Waals surface area contributed by atoms with E-state index >= 15 is 0 Å². The molecule has 1 rings (SSSR count). The minimum Gasteiger partial charge on any atom is -0.475 e. The Morgan fingerprint density at radius 2 is 1.90 bits per heavy atom. The van der Waals surface area contributed by atoms with Gasteiger partial charge in [0.25, 0.3) is 0 Å². The molecule has 0 aliphatic rings. The summed E-state index contributed by atoms with van der Waals surface area (Å²) in [5, 5.41) is 0. The molecule has 0 radical (unpaired) electrons. The van der Waals surface area contributed by atoms with Crippen molar-refractivity contribution in [2.45, 2.75) is 84.8 Å². The molecule has 120 valence electrons. The van der Waals surface area contributed by atoms with Crippen LogP contribution < -0.4 is 10.5 Å². The second-order valence-corrected chi connectivity index (χ2v) is 6.93. The molecule has 21 heavy (non-hydrogen) atoms. The van der Waals surface area contributed by atoms with Gasteiger partial charge in [-0.2, -0.15) is 0 Å². The molecule has 1 aromatic heterocycles. The van der Waals surface area contributed by atoms with Crippen LogP contribution in [0.5, 0.6) is 5.88 Å². The lowest BCUT2D eigenvalue weighted by atomic mass is 9.91. The van der Waals surface area contributed by atoms with Crippen LogP contribution in [-0.4, -0.2) is 11.1 Å². The zero-order valence-corrected chi connectivity index (χ0v) is 14.4. The van der Waals surface area contributed by atoms with E-state index in [1.807, 2.05) is 6.07 Å². The Morgan fingerprint density at radius 3 is 2.48 bits per heavy atom. The largest absolute Gasteiger partial charge is 0.475 e. The van der Waals surface area contributed by atoms with E-state index in [0.717, 1.165) is 17.7 Å². The SMILES string of the molecule is CCCCCCC(C)Oc1cc(CN)cc(C(C)(C)C)n1. The van der Waals surface area contributed by atoms with Crippen LogP contribution in [0.4, 0.5) is 0 Å². The van der Waals surface area contributed by atoms with Crippen molar-refractivity contribution in [2.75, 3.05) is 0 Å². The summed E-state index contributed by atoms with van der Waals surface area (Å²) in [6, 6.07) is 4.05. The van der Waals surface area contributed by atoms with E-state index in [2.05, 4.69) is 45.7 Å². The minimum absolute atomic E-state index is 0.00759. The van der Waals surface area contributed by atoms with Gasteiger partial charge in [0.05, 0.1) is 11.8 Å². The minimum atomic E-state index is 0.00759. The van der Waals surface area contributed by atoms with E-state index in [0.29, 0.717) is 12.4 Å². The van der Waals surface area contributed by atoms with Crippen molar-refractivity contribution in [3.05, 3.63) is 23.4 Å². The fraction of sp³-hybridized carbons (Fsp3) is 0.722. The Labute approximate surface area is 130 Å². The van der Waals surface area contributed by atoms with Crippen LogP contribution >= 0.6 is 0 Å². The van der Waals surface area contributed by atoms with E-state index in [1.165, 1.54) is 25.7 Å². The number of nitrogens with zero attached hydrogens (tertiary/aromatic N) is 1. The van der Waals surface area contributed by atoms with Crippen LogP contribution in [0, 0.1) is 0 Å². The summed E-state index contributed by atoms with van der Waals surface area (Å²) in [4.78, 5) is 4.66. The maximum Gasteiger partial charge on any atom is 0.214 e. The number of hydrogen-bond donors (Lipinski definition) is 1. The molecule has 1 aromatic rings. The number of aromatic nitrogens is 1. The van der Waals surface area contributed by atoms with E-state index in [1.54, 1.807) is 0 Å². The third kappa shape index (κ3) is 6.47. The van der Waals surface area contributed by atoms with Gasteiger partial charge < -0.3 is 10.5 Å². The summed E-state index contributed by atoms with van der Waals surface area (Å²) in [7, 11) is 0. The molecule has 0 amide bonds. The van der Waals surface area contributed by atoms with Crippen molar-refractivity contribution >= 4 is 0 Å². The average molecular weight is 292 g/mol. The second-order valence-electron chi connectivity index (χ2n) is 6.93. The lowest BCUT2D eigenvalue weighted by Gasteiger charge is -2.21. The van der Waals surface area contributed by atoms with E-state index in [-0.39, 0.29) is 11.5 Å². The first-order valence-corrected chi connectivity index (χ1v) is 8.25. The summed E-state index contributed by atoms with van der Waals surface area (Å²) in [6.07, 6.45) is 6.37. The molecule has 3 nitrogen and oxygen atoms in total. The smallest absolute Gasteiger partial charge is 0.214 e. The molecule has 0 bridgehead atoms. The molecule has 0 saturated heterocycles. The number of rotatable bonds is 8. The highest BCUT2D eigenvalue weighted by Crippen LogP contribution is 2.25. The van der Waals surface area contributed by atoms with Gasteiger partial charge in [0, 0.05) is 18.0 Å². The summed E-state index contributed by atoms with van der Waals surface area (Å²) in [5.74, 6) is 0.714. The van der Waals surface area contributed by atoms with Gasteiger partial charge in [0.15, 0.2) is 0 Å². The molecule has 1 unspecified atom stereocenters. The van der Waals surface area contributed by atoms with Crippen molar-refractivity contribution < 1.29 is 4.74 Å². The van der Waals surface area contributed by atoms with Crippen LogP contribution in [0.15, 0.2) is 12.1 Å². The lowest BCUT2D eigenvalue weighted by Crippen LogP contribution is -2.18. The van der Waals surface area contributed by atoms with Gasteiger partial charge in [-0.1, -0.05) is 47.0 Å². The van der Waals surface area contributed by atoms with Crippen molar-refractivity contribution in [2.24, 2.45) is 5.73 Å². The first kappa shape index (κ1) is 18.0. The van der Waals surface area contributed by atoms with Crippen molar-refractivity contribution in [1.29, 1.82) is 0 Å². The molecule has 2 N–H and O–H groups in total. The first-order chi connectivity index (χ1) is 9.86. The van der Waals surface area contributed by atoms with Crippen LogP contribution in [-0.2, 0) is 12.0 Å². The standard InChI is InChI=1S/C18H32N2O/c1-6-7-8-9-10-14(2)21-17-12-15(13-19)11-16(20-17)18(3,4)5/h11-12,14H,6-10,13,19H2,1-5H3. The predicted molar refractivity (Wildman–Crippen MR) is 89.7 cm³/mol. The average Bonchev–Trinajstić information content (AvgIpc) is 2.42. The third-order valence-corrected chi connectivity index (χ3v) is 3.65. The molecule has 0 aliphatic heterocycles. The van der Waals surface area contributed by atoms with Crippen LogP contribution in [0.25, 0.3) is 0 Å². The molecule has 3 heteroatoms. The van der Waals surface area contributed by atoms with Gasteiger partial charge in [-0.05, 0) is 31.4 Å². The van der Waals surface area contributed by atoms with Gasteiger partial charge in [-0.15, -0.1) is 0 Å². The highest BCUT2D eigenvalue weighted by molar-refractivity contribution is 5.28. The van der Waals surface area contributed by atoms with Crippen LogP contribution in [0.2, 0.25) is 0 Å². The molecule has 0 fully saturated rings. The van der Waals surface area contributed by atoms with Crippen LogP contribution in [0.1, 0.15) is 78.0 Å². The van der Waals surface area contributed by atoms with Gasteiger partial charge in [-0.25, -0.2) is 4.98 Å². The lowest BCUT2D eigenvalue weighted by molar-refractivity contribution is 0.197. The van der Waals surface area contributed by atoms with Crippen molar-refractivity contribution in [3.63, 3.8) is 0 Å². The van der Waals surface area contributed by atoms with E-state index in [9.17, 15) is 0 Å². The van der Waals surface area contributed by atoms with Gasteiger partial charge in [-0.3, -0.25) is 0 Å². The first-order valence-electron chi connectivity index (χ1n) is 8.25. The Bertz CT molecular complexity index is 424. The highest BCUT2D eigenvalue weighted by Gasteiger charge is 2.18. The summed E-state index contributed by atoms with van der Waals surface area (Å²) in [6.45, 7) is 11.4. The Balaban J connectivity index is 2.69. The number of ether oxygens (including phenoxy) is 1. The van der Waals surface area contributed by atoms with Gasteiger partial charge in [0.1, 0.15) is 0 Å². The Hall–Kier alpha value is -1.09. The number of hydrogen-bond acceptors (Lipinski definition) is 3. The highest BCUT2D eigenvalue weighted by atomic mass is 16.5. The third-order valence-electron chi connectivity index (χ3n) is 3.65. The normalized spacial score (nSPS) is 13.2. The topological polar surface area (TPSA) is 48.1 Å². The quantitative estimate of drug-likeness (QED) is 0.714. The van der Waals surface area contributed by atoms with Crippen molar-refractivity contribution in [3.8, 4) is 5.88 Å². The zero-order valence-electron chi connectivity index (χ0n) is 14.4. The molecular formula is C18H32N2O. The summed E-state index contributed by atoms with van der Waals surface area (Å²) >= 11 is 0. The Morgan fingerprint density at radius 1 is 1.19 bits per heavy atom. The summed E-state index contributed by atoms with van der Waals surface area (Å²) in [5.41, 5.74) is 7.93. The molecular weight excluding hydrogens is 260 g/mol. The van der Waals surface area contributed by atoms with E-state index < -0.39 is 0 Å². The fourth-order valence-electron chi connectivity index (χ4n) is 2.25. The molecule has 1 atom stereocenters. The van der Waals surface area contributed by atoms with Crippen LogP contribution in [0.3, 0.4) is 0 Å². The molecule has 1 heterocycles. The molecule has 0 saturated carbocycles. The van der Waals surface area contributed by atoms with Crippen molar-refractivity contribution in [1.82, 2.24) is 4.98 Å². The molecule has 0 aliphatic carbocycles. The van der Waals surface area contributed by atoms with Gasteiger partial charge >= 0.3 is 0 Å². The second kappa shape index (κ2) is 8.38. The monoisotopic (exact) mass is 292 g/mol. The summed E-state index contributed by atoms with van der Waals surface area (Å²) < 4.78 is 6.01. The van der Waals surface area contributed by atoms with E-state index in [4.69, 9.17) is 10.5 Å². The van der Waals surface area contributed by atoms with Gasteiger partial charge in [0.2, 0.25) is 5.88 Å². The fourth-order valence-corrected chi connectivity index (χ4v) is 2.25. The zero-order chi connectivity index (χ0) is 15.9. The molecule has 0 spiro atoms.